The van der Waals surface area contributed by atoms with Crippen molar-refractivity contribution in [3.63, 3.8) is 0 Å². The average Bonchev–Trinajstić information content (AvgIpc) is 3.09. The zero-order valence-electron chi connectivity index (χ0n) is 17.2. The molecular weight excluding hydrogens is 411 g/mol. The number of esters is 2. The third-order valence-corrected chi connectivity index (χ3v) is 6.80. The molecule has 2 aliphatic carbocycles. The predicted molar refractivity (Wildman–Crippen MR) is 106 cm³/mol. The molecule has 0 N–H and O–H groups in total. The average molecular weight is 433 g/mol. The molecule has 1 fully saturated rings. The number of ether oxygens (including phenoxy) is 2. The van der Waals surface area contributed by atoms with Crippen LogP contribution in [-0.4, -0.2) is 30.2 Å². The van der Waals surface area contributed by atoms with Crippen LogP contribution in [0, 0.1) is 11.3 Å². The van der Waals surface area contributed by atoms with E-state index < -0.39 is 29.4 Å². The first-order valence-corrected chi connectivity index (χ1v) is 10.1. The lowest BCUT2D eigenvalue weighted by molar-refractivity contribution is -0.197. The third-order valence-electron chi connectivity index (χ3n) is 6.80. The molecule has 164 valence electrons. The van der Waals surface area contributed by atoms with Crippen LogP contribution in [0.1, 0.15) is 44.1 Å². The van der Waals surface area contributed by atoms with Crippen molar-refractivity contribution in [1.82, 2.24) is 4.98 Å². The summed E-state index contributed by atoms with van der Waals surface area (Å²) in [6.45, 7) is 2.00. The monoisotopic (exact) mass is 433 g/mol. The SMILES string of the molecule is COC(=O)C1=C(OC(=O)C(F)(F)F)[C@@H]2CC[C@H](c3ccc4ccncc4c3)[C@@]2(C)CC1. The van der Waals surface area contributed by atoms with Gasteiger partial charge in [-0.3, -0.25) is 4.98 Å². The molecule has 4 rings (SSSR count). The topological polar surface area (TPSA) is 65.5 Å². The first-order valence-electron chi connectivity index (χ1n) is 10.1. The third kappa shape index (κ3) is 3.68. The van der Waals surface area contributed by atoms with Gasteiger partial charge < -0.3 is 9.47 Å². The predicted octanol–water partition coefficient (Wildman–Crippen LogP) is 5.06. The smallest absolute Gasteiger partial charge is 0.466 e. The van der Waals surface area contributed by atoms with E-state index in [0.29, 0.717) is 19.3 Å². The normalized spacial score (nSPS) is 26.0. The number of benzene rings is 1. The summed E-state index contributed by atoms with van der Waals surface area (Å²) >= 11 is 0. The fraction of sp³-hybridized carbons (Fsp3) is 0.435. The number of hydrogen-bond donors (Lipinski definition) is 0. The summed E-state index contributed by atoms with van der Waals surface area (Å²) in [7, 11) is 1.16. The Hall–Kier alpha value is -2.90. The Balaban J connectivity index is 1.73. The van der Waals surface area contributed by atoms with Crippen LogP contribution in [0.2, 0.25) is 0 Å². The lowest BCUT2D eigenvalue weighted by atomic mass is 9.64. The minimum Gasteiger partial charge on any atom is -0.466 e. The molecular formula is C23H22F3NO4. The van der Waals surface area contributed by atoms with Gasteiger partial charge in [0, 0.05) is 23.7 Å². The van der Waals surface area contributed by atoms with Crippen molar-refractivity contribution in [2.24, 2.45) is 11.3 Å². The lowest BCUT2D eigenvalue weighted by Gasteiger charge is -2.41. The van der Waals surface area contributed by atoms with Crippen molar-refractivity contribution in [3.8, 4) is 0 Å². The molecule has 2 aromatic rings. The highest BCUT2D eigenvalue weighted by Crippen LogP contribution is 2.61. The molecule has 5 nitrogen and oxygen atoms in total. The van der Waals surface area contributed by atoms with Gasteiger partial charge in [0.15, 0.2) is 0 Å². The highest BCUT2D eigenvalue weighted by atomic mass is 19.4. The number of aromatic nitrogens is 1. The van der Waals surface area contributed by atoms with Crippen LogP contribution < -0.4 is 0 Å². The highest BCUT2D eigenvalue weighted by Gasteiger charge is 2.54. The fourth-order valence-corrected chi connectivity index (χ4v) is 5.23. The Morgan fingerprint density at radius 2 is 1.87 bits per heavy atom. The minimum atomic E-state index is -5.15. The van der Waals surface area contributed by atoms with Crippen molar-refractivity contribution >= 4 is 22.7 Å². The van der Waals surface area contributed by atoms with Gasteiger partial charge in [0.2, 0.25) is 0 Å². The maximum absolute atomic E-state index is 12.9. The van der Waals surface area contributed by atoms with E-state index in [-0.39, 0.29) is 23.7 Å². The summed E-state index contributed by atoms with van der Waals surface area (Å²) in [6, 6.07) is 8.01. The quantitative estimate of drug-likeness (QED) is 0.633. The second-order valence-corrected chi connectivity index (χ2v) is 8.39. The number of carbonyl (C=O) groups excluding carboxylic acids is 2. The van der Waals surface area contributed by atoms with E-state index >= 15 is 0 Å². The van der Waals surface area contributed by atoms with E-state index in [1.807, 2.05) is 25.1 Å². The Kier molecular flexibility index (Phi) is 5.27. The molecule has 0 saturated heterocycles. The lowest BCUT2D eigenvalue weighted by Crippen LogP contribution is -2.37. The summed E-state index contributed by atoms with van der Waals surface area (Å²) in [4.78, 5) is 28.0. The molecule has 0 bridgehead atoms. The number of methoxy groups -OCH3 is 1. The molecule has 0 amide bonds. The van der Waals surface area contributed by atoms with E-state index in [1.165, 1.54) is 0 Å². The molecule has 31 heavy (non-hydrogen) atoms. The Labute approximate surface area is 177 Å². The molecule has 1 heterocycles. The standard InChI is InChI=1S/C23H22F3NO4/c1-22-9-7-16(20(28)30-2)19(31-21(29)23(24,25)26)18(22)6-5-17(22)14-4-3-13-8-10-27-12-15(13)11-14/h3-4,8,10-12,17-18H,5-7,9H2,1-2H3/t17-,18+,22-/m1/s1. The maximum atomic E-state index is 12.9. The van der Waals surface area contributed by atoms with Crippen molar-refractivity contribution in [2.45, 2.75) is 44.7 Å². The van der Waals surface area contributed by atoms with Crippen LogP contribution in [0.3, 0.4) is 0 Å². The van der Waals surface area contributed by atoms with Crippen LogP contribution in [0.15, 0.2) is 48.0 Å². The zero-order valence-corrected chi connectivity index (χ0v) is 17.2. The van der Waals surface area contributed by atoms with Crippen LogP contribution in [-0.2, 0) is 19.1 Å². The van der Waals surface area contributed by atoms with Gasteiger partial charge >= 0.3 is 18.1 Å². The number of hydrogen-bond acceptors (Lipinski definition) is 5. The van der Waals surface area contributed by atoms with Crippen molar-refractivity contribution in [2.75, 3.05) is 7.11 Å². The zero-order chi connectivity index (χ0) is 22.4. The Bertz CT molecular complexity index is 1080. The van der Waals surface area contributed by atoms with Gasteiger partial charge in [-0.1, -0.05) is 19.1 Å². The van der Waals surface area contributed by atoms with Gasteiger partial charge in [-0.15, -0.1) is 0 Å². The van der Waals surface area contributed by atoms with Crippen molar-refractivity contribution in [3.05, 3.63) is 53.6 Å². The largest absolute Gasteiger partial charge is 0.491 e. The number of pyridine rings is 1. The molecule has 2 aliphatic rings. The number of alkyl halides is 3. The molecule has 0 unspecified atom stereocenters. The maximum Gasteiger partial charge on any atom is 0.491 e. The van der Waals surface area contributed by atoms with E-state index in [2.05, 4.69) is 11.1 Å². The van der Waals surface area contributed by atoms with Crippen LogP contribution in [0.5, 0.6) is 0 Å². The first kappa shape index (κ1) is 21.3. The van der Waals surface area contributed by atoms with Crippen molar-refractivity contribution < 1.29 is 32.2 Å². The second-order valence-electron chi connectivity index (χ2n) is 8.39. The number of nitrogens with zero attached hydrogens (tertiary/aromatic N) is 1. The van der Waals surface area contributed by atoms with Gasteiger partial charge in [-0.2, -0.15) is 13.2 Å². The molecule has 1 aromatic carbocycles. The van der Waals surface area contributed by atoms with Crippen LogP contribution >= 0.6 is 0 Å². The van der Waals surface area contributed by atoms with Crippen molar-refractivity contribution in [1.29, 1.82) is 0 Å². The highest BCUT2D eigenvalue weighted by molar-refractivity contribution is 5.90. The van der Waals surface area contributed by atoms with E-state index in [9.17, 15) is 22.8 Å². The number of allylic oxidation sites excluding steroid dienone is 1. The van der Waals surface area contributed by atoms with E-state index in [0.717, 1.165) is 23.4 Å². The number of rotatable bonds is 3. The van der Waals surface area contributed by atoms with Crippen LogP contribution in [0.25, 0.3) is 10.8 Å². The Morgan fingerprint density at radius 1 is 1.13 bits per heavy atom. The molecule has 8 heteroatoms. The molecule has 0 spiro atoms. The second kappa shape index (κ2) is 7.66. The van der Waals surface area contributed by atoms with Gasteiger partial charge in [0.05, 0.1) is 12.7 Å². The summed E-state index contributed by atoms with van der Waals surface area (Å²) in [5, 5.41) is 2.03. The van der Waals surface area contributed by atoms with E-state index in [1.54, 1.807) is 12.4 Å². The molecule has 0 radical (unpaired) electrons. The van der Waals surface area contributed by atoms with Gasteiger partial charge in [0.25, 0.3) is 0 Å². The van der Waals surface area contributed by atoms with Gasteiger partial charge in [-0.05, 0) is 60.1 Å². The summed E-state index contributed by atoms with van der Waals surface area (Å²) < 4.78 is 48.4. The fourth-order valence-electron chi connectivity index (χ4n) is 5.23. The number of carbonyl (C=O) groups is 2. The summed E-state index contributed by atoms with van der Waals surface area (Å²) in [5.41, 5.74) is 0.619. The summed E-state index contributed by atoms with van der Waals surface area (Å²) in [5.74, 6) is -3.70. The van der Waals surface area contributed by atoms with Crippen LogP contribution in [0.4, 0.5) is 13.2 Å². The summed E-state index contributed by atoms with van der Waals surface area (Å²) in [6.07, 6.45) is 0.320. The Morgan fingerprint density at radius 3 is 2.58 bits per heavy atom. The molecule has 3 atom stereocenters. The number of fused-ring (bicyclic) bond motifs is 2. The number of halogens is 3. The molecule has 0 aliphatic heterocycles. The molecule has 1 saturated carbocycles. The van der Waals surface area contributed by atoms with Gasteiger partial charge in [0.1, 0.15) is 5.76 Å². The minimum absolute atomic E-state index is 0.0194. The van der Waals surface area contributed by atoms with E-state index in [4.69, 9.17) is 9.47 Å². The first-order chi connectivity index (χ1) is 14.6. The van der Waals surface area contributed by atoms with Gasteiger partial charge in [-0.25, -0.2) is 9.59 Å². The molecule has 1 aromatic heterocycles.